The average molecular weight is 346 g/mol. The van der Waals surface area contributed by atoms with Gasteiger partial charge in [0.15, 0.2) is 12.8 Å². The van der Waals surface area contributed by atoms with Crippen molar-refractivity contribution in [3.8, 4) is 0 Å². The third-order valence-corrected chi connectivity index (χ3v) is 2.70. The zero-order chi connectivity index (χ0) is 18.7. The van der Waals surface area contributed by atoms with E-state index >= 15 is 0 Å². The van der Waals surface area contributed by atoms with Crippen molar-refractivity contribution < 1.29 is 33.3 Å². The number of hydrazine groups is 1. The maximum Gasteiger partial charge on any atom is 0.430 e. The number of carbonyl (C=O) groups excluding carboxylic acids is 3. The minimum Gasteiger partial charge on any atom is -0.443 e. The number of carbonyl (C=O) groups is 3. The lowest BCUT2D eigenvalue weighted by atomic mass is 10.1. The predicted octanol–water partition coefficient (Wildman–Crippen LogP) is 1.95. The van der Waals surface area contributed by atoms with Gasteiger partial charge in [-0.15, -0.1) is 0 Å². The van der Waals surface area contributed by atoms with Gasteiger partial charge in [0.1, 0.15) is 11.2 Å². The lowest BCUT2D eigenvalue weighted by Gasteiger charge is -2.36. The second-order valence-corrected chi connectivity index (χ2v) is 7.36. The molecule has 1 fully saturated rings. The molecule has 0 spiro atoms. The Bertz CT molecular complexity index is 493. The zero-order valence-electron chi connectivity index (χ0n) is 15.2. The first-order valence-electron chi connectivity index (χ1n) is 7.60. The van der Waals surface area contributed by atoms with E-state index in [1.54, 1.807) is 48.5 Å². The highest BCUT2D eigenvalue weighted by Gasteiger charge is 2.42. The fraction of sp³-hybridized carbons (Fsp3) is 0.800. The molecule has 0 aromatic heterocycles. The fourth-order valence-corrected chi connectivity index (χ4v) is 1.82. The average Bonchev–Trinajstić information content (AvgIpc) is 2.32. The second kappa shape index (κ2) is 7.25. The lowest BCUT2D eigenvalue weighted by Crippen LogP contribution is -2.62. The van der Waals surface area contributed by atoms with Crippen LogP contribution in [0.5, 0.6) is 0 Å². The Morgan fingerprint density at radius 2 is 1.67 bits per heavy atom. The van der Waals surface area contributed by atoms with Crippen LogP contribution in [0.1, 0.15) is 48.5 Å². The molecule has 0 aliphatic carbocycles. The van der Waals surface area contributed by atoms with Crippen molar-refractivity contribution in [1.82, 2.24) is 10.4 Å². The van der Waals surface area contributed by atoms with Crippen LogP contribution in [0, 0.1) is 0 Å². The van der Waals surface area contributed by atoms with Gasteiger partial charge in [0.05, 0.1) is 6.10 Å². The van der Waals surface area contributed by atoms with Crippen molar-refractivity contribution in [3.05, 3.63) is 0 Å². The van der Waals surface area contributed by atoms with Gasteiger partial charge in [-0.3, -0.25) is 0 Å². The molecule has 1 rings (SSSR count). The molecule has 2 atom stereocenters. The maximum atomic E-state index is 12.4. The first kappa shape index (κ1) is 20.0. The van der Waals surface area contributed by atoms with E-state index in [1.165, 1.54) is 0 Å². The molecule has 1 aliphatic rings. The lowest BCUT2D eigenvalue weighted by molar-refractivity contribution is -0.196. The molecule has 1 heterocycles. The summed E-state index contributed by atoms with van der Waals surface area (Å²) in [7, 11) is 0. The Balaban J connectivity index is 3.00. The highest BCUT2D eigenvalue weighted by Crippen LogP contribution is 2.18. The molecule has 1 saturated heterocycles. The number of nitrogens with zero attached hydrogens (tertiary/aromatic N) is 1. The minimum atomic E-state index is -1.19. The van der Waals surface area contributed by atoms with Crippen LogP contribution in [0.15, 0.2) is 0 Å². The maximum absolute atomic E-state index is 12.4. The summed E-state index contributed by atoms with van der Waals surface area (Å²) in [5, 5.41) is 0.742. The third-order valence-electron chi connectivity index (χ3n) is 2.70. The van der Waals surface area contributed by atoms with Gasteiger partial charge in [-0.25, -0.2) is 19.8 Å². The van der Waals surface area contributed by atoms with Crippen LogP contribution >= 0.6 is 0 Å². The van der Waals surface area contributed by atoms with Crippen molar-refractivity contribution in [2.45, 2.75) is 71.8 Å². The van der Waals surface area contributed by atoms with Crippen molar-refractivity contribution >= 4 is 18.2 Å². The Morgan fingerprint density at radius 3 is 2.12 bits per heavy atom. The summed E-state index contributed by atoms with van der Waals surface area (Å²) in [5.41, 5.74) is 0.639. The molecule has 9 heteroatoms. The molecular weight excluding hydrogens is 320 g/mol. The molecule has 0 saturated carbocycles. The number of ether oxygens (including phenoxy) is 4. The van der Waals surface area contributed by atoms with Gasteiger partial charge in [-0.05, 0) is 48.5 Å². The highest BCUT2D eigenvalue weighted by atomic mass is 16.7. The fourth-order valence-electron chi connectivity index (χ4n) is 1.82. The van der Waals surface area contributed by atoms with Crippen LogP contribution < -0.4 is 5.43 Å². The molecule has 0 radical (unpaired) electrons. The number of rotatable bonds is 1. The molecule has 0 aromatic rings. The van der Waals surface area contributed by atoms with E-state index in [2.05, 4.69) is 5.43 Å². The van der Waals surface area contributed by atoms with E-state index in [0.717, 1.165) is 5.01 Å². The third kappa shape index (κ3) is 6.23. The standard InChI is InChI=1S/C15H26N2O7/c1-9-10(11(18)22-8-21-9)17(13(20)24-15(5,6)7)16-12(19)23-14(2,3)4/h9-10H,8H2,1-7H3,(H,16,19)/t9-,10-/m0/s1. The Morgan fingerprint density at radius 1 is 1.12 bits per heavy atom. The monoisotopic (exact) mass is 346 g/mol. The highest BCUT2D eigenvalue weighted by molar-refractivity contribution is 5.84. The van der Waals surface area contributed by atoms with Gasteiger partial charge in [0.2, 0.25) is 0 Å². The summed E-state index contributed by atoms with van der Waals surface area (Å²) in [6.07, 6.45) is -2.53. The number of nitrogens with one attached hydrogen (secondary N) is 1. The molecule has 1 N–H and O–H groups in total. The smallest absolute Gasteiger partial charge is 0.430 e. The van der Waals surface area contributed by atoms with Crippen LogP contribution in [-0.4, -0.2) is 53.3 Å². The summed E-state index contributed by atoms with van der Waals surface area (Å²) in [4.78, 5) is 36.5. The number of amides is 2. The van der Waals surface area contributed by atoms with Gasteiger partial charge >= 0.3 is 18.2 Å². The van der Waals surface area contributed by atoms with E-state index in [9.17, 15) is 14.4 Å². The molecule has 9 nitrogen and oxygen atoms in total. The van der Waals surface area contributed by atoms with Gasteiger partial charge < -0.3 is 18.9 Å². The van der Waals surface area contributed by atoms with Crippen LogP contribution in [0.25, 0.3) is 0 Å². The number of hydrogen-bond donors (Lipinski definition) is 1. The van der Waals surface area contributed by atoms with E-state index in [4.69, 9.17) is 18.9 Å². The van der Waals surface area contributed by atoms with Gasteiger partial charge in [0.25, 0.3) is 0 Å². The summed E-state index contributed by atoms with van der Waals surface area (Å²) in [6, 6.07) is -1.19. The largest absolute Gasteiger partial charge is 0.443 e. The van der Waals surface area contributed by atoms with E-state index in [0.29, 0.717) is 0 Å². The summed E-state index contributed by atoms with van der Waals surface area (Å²) in [5.74, 6) is -0.712. The quantitative estimate of drug-likeness (QED) is 0.440. The Kier molecular flexibility index (Phi) is 6.04. The normalized spacial score (nSPS) is 21.5. The molecule has 1 aliphatic heterocycles. The summed E-state index contributed by atoms with van der Waals surface area (Å²) < 4.78 is 20.4. The molecule has 24 heavy (non-hydrogen) atoms. The van der Waals surface area contributed by atoms with Crippen molar-refractivity contribution in [2.24, 2.45) is 0 Å². The molecular formula is C15H26N2O7. The summed E-state index contributed by atoms with van der Waals surface area (Å²) in [6.45, 7) is 11.4. The van der Waals surface area contributed by atoms with Gasteiger partial charge in [-0.2, -0.15) is 5.01 Å². The van der Waals surface area contributed by atoms with Crippen molar-refractivity contribution in [1.29, 1.82) is 0 Å². The van der Waals surface area contributed by atoms with Crippen molar-refractivity contribution in [2.75, 3.05) is 6.79 Å². The summed E-state index contributed by atoms with van der Waals surface area (Å²) >= 11 is 0. The molecule has 0 aromatic carbocycles. The number of esters is 1. The van der Waals surface area contributed by atoms with Crippen LogP contribution in [0.4, 0.5) is 9.59 Å². The zero-order valence-corrected chi connectivity index (χ0v) is 15.2. The predicted molar refractivity (Wildman–Crippen MR) is 82.7 cm³/mol. The van der Waals surface area contributed by atoms with E-state index in [-0.39, 0.29) is 6.79 Å². The number of hydrogen-bond acceptors (Lipinski definition) is 7. The van der Waals surface area contributed by atoms with Crippen LogP contribution in [-0.2, 0) is 23.7 Å². The molecule has 0 unspecified atom stereocenters. The van der Waals surface area contributed by atoms with Crippen molar-refractivity contribution in [3.63, 3.8) is 0 Å². The van der Waals surface area contributed by atoms with Gasteiger partial charge in [-0.1, -0.05) is 0 Å². The van der Waals surface area contributed by atoms with E-state index in [1.807, 2.05) is 0 Å². The Labute approximate surface area is 141 Å². The molecule has 2 amide bonds. The van der Waals surface area contributed by atoms with Crippen LogP contribution in [0.2, 0.25) is 0 Å². The second-order valence-electron chi connectivity index (χ2n) is 7.36. The minimum absolute atomic E-state index is 0.217. The number of cyclic esters (lactones) is 1. The SMILES string of the molecule is C[C@@H]1OCOC(=O)[C@H]1N(NC(=O)OC(C)(C)C)C(=O)OC(C)(C)C. The van der Waals surface area contributed by atoms with Crippen LogP contribution in [0.3, 0.4) is 0 Å². The molecule has 138 valence electrons. The first-order valence-corrected chi connectivity index (χ1v) is 7.60. The van der Waals surface area contributed by atoms with E-state index < -0.39 is 41.5 Å². The Hall–Kier alpha value is -2.03. The topological polar surface area (TPSA) is 103 Å². The first-order chi connectivity index (χ1) is 10.8. The van der Waals surface area contributed by atoms with Gasteiger partial charge in [0, 0.05) is 0 Å². The molecule has 0 bridgehead atoms.